The second-order valence-corrected chi connectivity index (χ2v) is 7.19. The number of benzene rings is 2. The summed E-state index contributed by atoms with van der Waals surface area (Å²) in [7, 11) is 0. The highest BCUT2D eigenvalue weighted by molar-refractivity contribution is 14.1. The standard InChI is InChI=1S/C20H19IN2O4/c1-3-27-15-10-13(9-14(21)19(15)25)18-16(11(2)24)17(22-20(26)23-18)12-7-5-4-6-8-12/h4-10,18,25H,3H2,1-2H3,(H2,22,23,26)/t18-/m0/s1. The smallest absolute Gasteiger partial charge is 0.320 e. The van der Waals surface area contributed by atoms with Gasteiger partial charge >= 0.3 is 6.03 Å². The maximum atomic E-state index is 12.5. The third-order valence-electron chi connectivity index (χ3n) is 4.20. The van der Waals surface area contributed by atoms with Gasteiger partial charge in [-0.05, 0) is 59.7 Å². The second-order valence-electron chi connectivity index (χ2n) is 6.02. The van der Waals surface area contributed by atoms with Gasteiger partial charge < -0.3 is 20.5 Å². The summed E-state index contributed by atoms with van der Waals surface area (Å²) in [5, 5.41) is 15.8. The van der Waals surface area contributed by atoms with Crippen molar-refractivity contribution >= 4 is 40.1 Å². The molecule has 6 nitrogen and oxygen atoms in total. The summed E-state index contributed by atoms with van der Waals surface area (Å²) in [4.78, 5) is 24.8. The molecule has 0 saturated carbocycles. The van der Waals surface area contributed by atoms with E-state index >= 15 is 0 Å². The van der Waals surface area contributed by atoms with Gasteiger partial charge in [0, 0.05) is 5.57 Å². The van der Waals surface area contributed by atoms with E-state index < -0.39 is 12.1 Å². The van der Waals surface area contributed by atoms with Crippen molar-refractivity contribution < 1.29 is 19.4 Å². The molecule has 1 aliphatic heterocycles. The number of aromatic hydroxyl groups is 1. The molecule has 1 aliphatic rings. The van der Waals surface area contributed by atoms with Crippen LogP contribution in [0, 0.1) is 3.57 Å². The Bertz CT molecular complexity index is 925. The minimum Gasteiger partial charge on any atom is -0.504 e. The Morgan fingerprint density at radius 3 is 2.59 bits per heavy atom. The predicted molar refractivity (Wildman–Crippen MR) is 110 cm³/mol. The number of Topliss-reactive ketones (excluding diaryl/α,β-unsaturated/α-hetero) is 1. The van der Waals surface area contributed by atoms with Crippen molar-refractivity contribution in [1.82, 2.24) is 10.6 Å². The van der Waals surface area contributed by atoms with E-state index in [-0.39, 0.29) is 11.5 Å². The molecule has 0 aliphatic carbocycles. The lowest BCUT2D eigenvalue weighted by atomic mass is 9.90. The van der Waals surface area contributed by atoms with Gasteiger partial charge in [0.1, 0.15) is 0 Å². The molecule has 0 radical (unpaired) electrons. The third kappa shape index (κ3) is 3.92. The number of nitrogens with one attached hydrogen (secondary N) is 2. The Morgan fingerprint density at radius 2 is 1.96 bits per heavy atom. The van der Waals surface area contributed by atoms with E-state index in [1.165, 1.54) is 6.92 Å². The summed E-state index contributed by atoms with van der Waals surface area (Å²) in [6.07, 6.45) is 0. The second kappa shape index (κ2) is 7.99. The monoisotopic (exact) mass is 478 g/mol. The molecule has 0 saturated heterocycles. The first-order chi connectivity index (χ1) is 12.9. The van der Waals surface area contributed by atoms with Gasteiger partial charge in [0.15, 0.2) is 17.3 Å². The van der Waals surface area contributed by atoms with Crippen molar-refractivity contribution in [3.8, 4) is 11.5 Å². The molecule has 0 spiro atoms. The number of halogens is 1. The zero-order valence-corrected chi connectivity index (χ0v) is 17.0. The van der Waals surface area contributed by atoms with Crippen LogP contribution in [-0.4, -0.2) is 23.5 Å². The quantitative estimate of drug-likeness (QED) is 0.572. The van der Waals surface area contributed by atoms with Crippen LogP contribution in [0.25, 0.3) is 5.70 Å². The van der Waals surface area contributed by atoms with Gasteiger partial charge in [0.05, 0.1) is 21.9 Å². The van der Waals surface area contributed by atoms with Gasteiger partial charge in [0.2, 0.25) is 0 Å². The highest BCUT2D eigenvalue weighted by Crippen LogP contribution is 2.38. The first-order valence-corrected chi connectivity index (χ1v) is 9.53. The Morgan fingerprint density at radius 1 is 1.26 bits per heavy atom. The average Bonchev–Trinajstić information content (AvgIpc) is 2.65. The number of hydrogen-bond acceptors (Lipinski definition) is 4. The minimum atomic E-state index is -0.653. The highest BCUT2D eigenvalue weighted by atomic mass is 127. The Labute approximate surface area is 170 Å². The van der Waals surface area contributed by atoms with Gasteiger partial charge in [-0.3, -0.25) is 4.79 Å². The average molecular weight is 478 g/mol. The molecule has 1 atom stereocenters. The fourth-order valence-electron chi connectivity index (χ4n) is 3.05. The molecule has 27 heavy (non-hydrogen) atoms. The van der Waals surface area contributed by atoms with Crippen LogP contribution in [0.15, 0.2) is 48.0 Å². The lowest BCUT2D eigenvalue weighted by Gasteiger charge is -2.30. The first-order valence-electron chi connectivity index (χ1n) is 8.45. The number of phenols is 1. The van der Waals surface area contributed by atoms with E-state index in [0.29, 0.717) is 32.8 Å². The van der Waals surface area contributed by atoms with Crippen molar-refractivity contribution in [3.05, 3.63) is 62.7 Å². The van der Waals surface area contributed by atoms with Crippen LogP contribution in [0.5, 0.6) is 11.5 Å². The molecule has 0 fully saturated rings. The Balaban J connectivity index is 2.19. The zero-order valence-electron chi connectivity index (χ0n) is 14.9. The van der Waals surface area contributed by atoms with Crippen molar-refractivity contribution in [2.75, 3.05) is 6.61 Å². The molecular weight excluding hydrogens is 459 g/mol. The molecule has 140 valence electrons. The maximum absolute atomic E-state index is 12.5. The number of carbonyl (C=O) groups excluding carboxylic acids is 2. The minimum absolute atomic E-state index is 0.0399. The molecule has 3 N–H and O–H groups in total. The van der Waals surface area contributed by atoms with Gasteiger partial charge in [0.25, 0.3) is 0 Å². The Hall–Kier alpha value is -2.55. The lowest BCUT2D eigenvalue weighted by Crippen LogP contribution is -2.44. The van der Waals surface area contributed by atoms with Crippen molar-refractivity contribution in [3.63, 3.8) is 0 Å². The molecule has 0 unspecified atom stereocenters. The molecular formula is C20H19IN2O4. The van der Waals surface area contributed by atoms with Crippen LogP contribution in [0.3, 0.4) is 0 Å². The summed E-state index contributed by atoms with van der Waals surface area (Å²) < 4.78 is 6.07. The highest BCUT2D eigenvalue weighted by Gasteiger charge is 2.32. The fraction of sp³-hybridized carbons (Fsp3) is 0.200. The predicted octanol–water partition coefficient (Wildman–Crippen LogP) is 3.75. The largest absolute Gasteiger partial charge is 0.504 e. The molecule has 2 aromatic rings. The van der Waals surface area contributed by atoms with Crippen LogP contribution in [0.1, 0.15) is 31.0 Å². The first kappa shape index (κ1) is 19.2. The summed E-state index contributed by atoms with van der Waals surface area (Å²) in [5.41, 5.74) is 2.35. The van der Waals surface area contributed by atoms with Gasteiger partial charge in [-0.1, -0.05) is 30.3 Å². The topological polar surface area (TPSA) is 87.7 Å². The molecule has 2 aromatic carbocycles. The summed E-state index contributed by atoms with van der Waals surface area (Å²) in [5.74, 6) is 0.196. The van der Waals surface area contributed by atoms with Gasteiger partial charge in [-0.2, -0.15) is 0 Å². The van der Waals surface area contributed by atoms with E-state index in [1.54, 1.807) is 12.1 Å². The van der Waals surface area contributed by atoms with Crippen molar-refractivity contribution in [2.45, 2.75) is 19.9 Å². The maximum Gasteiger partial charge on any atom is 0.320 e. The van der Waals surface area contributed by atoms with Crippen LogP contribution in [0.4, 0.5) is 4.79 Å². The van der Waals surface area contributed by atoms with Crippen LogP contribution in [-0.2, 0) is 4.79 Å². The van der Waals surface area contributed by atoms with Crippen molar-refractivity contribution in [2.24, 2.45) is 0 Å². The summed E-state index contributed by atoms with van der Waals surface area (Å²) >= 11 is 2.00. The number of rotatable bonds is 5. The van der Waals surface area contributed by atoms with E-state index in [9.17, 15) is 14.7 Å². The Kier molecular flexibility index (Phi) is 5.69. The number of ketones is 1. The van der Waals surface area contributed by atoms with E-state index in [4.69, 9.17) is 4.74 Å². The zero-order chi connectivity index (χ0) is 19.6. The van der Waals surface area contributed by atoms with Gasteiger partial charge in [-0.15, -0.1) is 0 Å². The molecule has 3 rings (SSSR count). The number of urea groups is 1. The van der Waals surface area contributed by atoms with Crippen LogP contribution >= 0.6 is 22.6 Å². The number of carbonyl (C=O) groups is 2. The fourth-order valence-corrected chi connectivity index (χ4v) is 3.68. The SMILES string of the molecule is CCOc1cc([C@@H]2NC(=O)NC(c3ccccc3)=C2C(C)=O)cc(I)c1O. The van der Waals surface area contributed by atoms with Crippen LogP contribution in [0.2, 0.25) is 0 Å². The summed E-state index contributed by atoms with van der Waals surface area (Å²) in [6, 6.07) is 11.6. The van der Waals surface area contributed by atoms with E-state index in [1.807, 2.05) is 59.8 Å². The molecule has 7 heteroatoms. The number of hydrogen-bond donors (Lipinski definition) is 3. The number of amides is 2. The normalized spacial score (nSPS) is 16.6. The number of phenolic OH excluding ortho intramolecular Hbond substituents is 1. The van der Waals surface area contributed by atoms with Crippen molar-refractivity contribution in [1.29, 1.82) is 0 Å². The molecule has 2 amide bonds. The number of ether oxygens (including phenoxy) is 1. The van der Waals surface area contributed by atoms with Gasteiger partial charge in [-0.25, -0.2) is 4.79 Å². The summed E-state index contributed by atoms with van der Waals surface area (Å²) in [6.45, 7) is 3.68. The van der Waals surface area contributed by atoms with Crippen LogP contribution < -0.4 is 15.4 Å². The lowest BCUT2D eigenvalue weighted by molar-refractivity contribution is -0.113. The third-order valence-corrected chi connectivity index (χ3v) is 5.02. The van der Waals surface area contributed by atoms with E-state index in [0.717, 1.165) is 5.56 Å². The molecule has 1 heterocycles. The molecule has 0 bridgehead atoms. The molecule has 0 aromatic heterocycles. The van der Waals surface area contributed by atoms with E-state index in [2.05, 4.69) is 10.6 Å².